The molecule has 1 aromatic heterocycles. The molecule has 4 nitrogen and oxygen atoms in total. The Morgan fingerprint density at radius 1 is 1.19 bits per heavy atom. The van der Waals surface area contributed by atoms with E-state index >= 15 is 0 Å². The van der Waals surface area contributed by atoms with Crippen LogP contribution in [0.3, 0.4) is 0 Å². The lowest BCUT2D eigenvalue weighted by molar-refractivity contribution is -0.115. The minimum absolute atomic E-state index is 0.0991. The third-order valence-corrected chi connectivity index (χ3v) is 5.39. The summed E-state index contributed by atoms with van der Waals surface area (Å²) in [4.78, 5) is 18.5. The lowest BCUT2D eigenvalue weighted by Crippen LogP contribution is -2.23. The Morgan fingerprint density at radius 2 is 1.89 bits per heavy atom. The Bertz CT molecular complexity index is 968. The number of benzene rings is 2. The van der Waals surface area contributed by atoms with Crippen LogP contribution in [0.25, 0.3) is 0 Å². The molecule has 1 heterocycles. The van der Waals surface area contributed by atoms with Gasteiger partial charge in [-0.15, -0.1) is 11.3 Å². The van der Waals surface area contributed by atoms with Gasteiger partial charge in [0.1, 0.15) is 6.61 Å². The van der Waals surface area contributed by atoms with E-state index in [0.717, 1.165) is 16.8 Å². The number of aryl methyl sites for hydroxylation is 2. The van der Waals surface area contributed by atoms with E-state index in [0.29, 0.717) is 26.6 Å². The van der Waals surface area contributed by atoms with Crippen molar-refractivity contribution in [3.8, 4) is 5.75 Å². The Balaban J connectivity index is 1.83. The first-order chi connectivity index (χ1) is 12.9. The molecule has 0 aliphatic rings. The number of hydrogen-bond donors (Lipinski definition) is 0. The maximum atomic E-state index is 12.3. The van der Waals surface area contributed by atoms with E-state index in [1.165, 1.54) is 18.3 Å². The van der Waals surface area contributed by atoms with Gasteiger partial charge in [-0.1, -0.05) is 47.0 Å². The van der Waals surface area contributed by atoms with Crippen molar-refractivity contribution in [3.63, 3.8) is 0 Å². The summed E-state index contributed by atoms with van der Waals surface area (Å²) in [6.45, 7) is 5.74. The van der Waals surface area contributed by atoms with Gasteiger partial charge in [0.15, 0.2) is 10.9 Å². The van der Waals surface area contributed by atoms with Gasteiger partial charge in [0.2, 0.25) is 5.91 Å². The molecular formula is C20H18Cl2N2O2S. The largest absolute Gasteiger partial charge is 0.484 e. The molecule has 0 saturated carbocycles. The Kier molecular flexibility index (Phi) is 6.05. The van der Waals surface area contributed by atoms with Crippen LogP contribution in [0.5, 0.6) is 5.75 Å². The van der Waals surface area contributed by atoms with Crippen molar-refractivity contribution in [1.82, 2.24) is 4.98 Å². The lowest BCUT2D eigenvalue weighted by atomic mass is 10.1. The molecule has 0 spiro atoms. The van der Waals surface area contributed by atoms with E-state index in [1.54, 1.807) is 23.1 Å². The number of nitrogens with zero attached hydrogens (tertiary/aromatic N) is 2. The van der Waals surface area contributed by atoms with Gasteiger partial charge in [0, 0.05) is 12.3 Å². The standard InChI is InChI=1S/C20H18Cl2N2O2S/c1-12-7-8-18(13(2)9-12)24(14(3)25)20-23-15(11-27-20)10-26-19-16(21)5-4-6-17(19)22/h4-9,11H,10H2,1-3H3. The van der Waals surface area contributed by atoms with Crippen LogP contribution >= 0.6 is 34.5 Å². The quantitative estimate of drug-likeness (QED) is 0.484. The highest BCUT2D eigenvalue weighted by Gasteiger charge is 2.20. The normalized spacial score (nSPS) is 10.7. The van der Waals surface area contributed by atoms with Gasteiger partial charge in [0.05, 0.1) is 21.4 Å². The summed E-state index contributed by atoms with van der Waals surface area (Å²) in [5, 5.41) is 3.34. The molecule has 0 aliphatic heterocycles. The molecule has 0 aliphatic carbocycles. The Hall–Kier alpha value is -2.08. The van der Waals surface area contributed by atoms with Gasteiger partial charge in [-0.3, -0.25) is 9.69 Å². The average Bonchev–Trinajstić information content (AvgIpc) is 3.05. The highest BCUT2D eigenvalue weighted by atomic mass is 35.5. The molecule has 0 N–H and O–H groups in total. The highest BCUT2D eigenvalue weighted by molar-refractivity contribution is 7.14. The maximum Gasteiger partial charge on any atom is 0.230 e. The van der Waals surface area contributed by atoms with Gasteiger partial charge in [-0.25, -0.2) is 4.98 Å². The molecule has 3 aromatic rings. The zero-order valence-electron chi connectivity index (χ0n) is 15.1. The second-order valence-corrected chi connectivity index (χ2v) is 7.76. The summed E-state index contributed by atoms with van der Waals surface area (Å²) in [6.07, 6.45) is 0. The Morgan fingerprint density at radius 3 is 2.52 bits per heavy atom. The molecule has 0 radical (unpaired) electrons. The number of thiazole rings is 1. The minimum Gasteiger partial charge on any atom is -0.484 e. The van der Waals surface area contributed by atoms with Gasteiger partial charge in [-0.05, 0) is 37.6 Å². The predicted octanol–water partition coefficient (Wildman–Crippen LogP) is 6.33. The Labute approximate surface area is 172 Å². The molecule has 0 fully saturated rings. The van der Waals surface area contributed by atoms with Gasteiger partial charge < -0.3 is 4.74 Å². The molecule has 3 rings (SSSR count). The second-order valence-electron chi connectivity index (χ2n) is 6.11. The summed E-state index contributed by atoms with van der Waals surface area (Å²) in [6, 6.07) is 11.2. The fourth-order valence-corrected chi connectivity index (χ4v) is 4.07. The molecule has 0 unspecified atom stereocenters. The van der Waals surface area contributed by atoms with Crippen molar-refractivity contribution in [2.45, 2.75) is 27.4 Å². The first kappa shape index (κ1) is 19.7. The van der Waals surface area contributed by atoms with Gasteiger partial charge >= 0.3 is 0 Å². The monoisotopic (exact) mass is 420 g/mol. The zero-order chi connectivity index (χ0) is 19.6. The van der Waals surface area contributed by atoms with Crippen molar-refractivity contribution >= 4 is 51.3 Å². The number of rotatable bonds is 5. The van der Waals surface area contributed by atoms with E-state index in [9.17, 15) is 4.79 Å². The molecule has 2 aromatic carbocycles. The number of aromatic nitrogens is 1. The van der Waals surface area contributed by atoms with Crippen LogP contribution in [0, 0.1) is 13.8 Å². The molecule has 0 saturated heterocycles. The third kappa shape index (κ3) is 4.43. The SMILES string of the molecule is CC(=O)N(c1nc(COc2c(Cl)cccc2Cl)cs1)c1ccc(C)cc1C. The smallest absolute Gasteiger partial charge is 0.230 e. The fourth-order valence-electron chi connectivity index (χ4n) is 2.70. The van der Waals surface area contributed by atoms with Gasteiger partial charge in [0.25, 0.3) is 0 Å². The van der Waals surface area contributed by atoms with E-state index < -0.39 is 0 Å². The molecular weight excluding hydrogens is 403 g/mol. The van der Waals surface area contributed by atoms with Crippen LogP contribution < -0.4 is 9.64 Å². The first-order valence-corrected chi connectivity index (χ1v) is 9.89. The van der Waals surface area contributed by atoms with Crippen LogP contribution in [-0.2, 0) is 11.4 Å². The number of carbonyl (C=O) groups excluding carboxylic acids is 1. The maximum absolute atomic E-state index is 12.3. The summed E-state index contributed by atoms with van der Waals surface area (Å²) in [7, 11) is 0. The van der Waals surface area contributed by atoms with Crippen molar-refractivity contribution in [2.75, 3.05) is 4.90 Å². The molecule has 140 valence electrons. The van der Waals surface area contributed by atoms with Crippen molar-refractivity contribution in [1.29, 1.82) is 0 Å². The van der Waals surface area contributed by atoms with E-state index in [2.05, 4.69) is 4.98 Å². The molecule has 0 bridgehead atoms. The number of carbonyl (C=O) groups is 1. The van der Waals surface area contributed by atoms with Gasteiger partial charge in [-0.2, -0.15) is 0 Å². The minimum atomic E-state index is -0.0991. The summed E-state index contributed by atoms with van der Waals surface area (Å²) in [5.74, 6) is 0.325. The van der Waals surface area contributed by atoms with E-state index in [1.807, 2.05) is 37.4 Å². The summed E-state index contributed by atoms with van der Waals surface area (Å²) < 4.78 is 5.73. The van der Waals surface area contributed by atoms with E-state index in [4.69, 9.17) is 27.9 Å². The number of hydrogen-bond acceptors (Lipinski definition) is 4. The zero-order valence-corrected chi connectivity index (χ0v) is 17.5. The van der Waals surface area contributed by atoms with Crippen LogP contribution in [0.15, 0.2) is 41.8 Å². The average molecular weight is 421 g/mol. The third-order valence-electron chi connectivity index (χ3n) is 3.92. The predicted molar refractivity (Wildman–Crippen MR) is 112 cm³/mol. The van der Waals surface area contributed by atoms with Crippen LogP contribution in [0.4, 0.5) is 10.8 Å². The van der Waals surface area contributed by atoms with Crippen LogP contribution in [-0.4, -0.2) is 10.9 Å². The number of para-hydroxylation sites is 1. The number of amides is 1. The molecule has 0 atom stereocenters. The van der Waals surface area contributed by atoms with E-state index in [-0.39, 0.29) is 12.5 Å². The highest BCUT2D eigenvalue weighted by Crippen LogP contribution is 2.34. The summed E-state index contributed by atoms with van der Waals surface area (Å²) >= 11 is 13.6. The first-order valence-electron chi connectivity index (χ1n) is 8.26. The molecule has 7 heteroatoms. The van der Waals surface area contributed by atoms with Crippen LogP contribution in [0.1, 0.15) is 23.7 Å². The number of anilines is 2. The summed E-state index contributed by atoms with van der Waals surface area (Å²) in [5.41, 5.74) is 3.68. The number of ether oxygens (including phenoxy) is 1. The molecule has 27 heavy (non-hydrogen) atoms. The van der Waals surface area contributed by atoms with Crippen molar-refractivity contribution in [3.05, 3.63) is 68.6 Å². The van der Waals surface area contributed by atoms with Crippen molar-refractivity contribution in [2.24, 2.45) is 0 Å². The topological polar surface area (TPSA) is 42.4 Å². The van der Waals surface area contributed by atoms with Crippen LogP contribution in [0.2, 0.25) is 10.0 Å². The lowest BCUT2D eigenvalue weighted by Gasteiger charge is -2.20. The second kappa shape index (κ2) is 8.30. The number of halogens is 2. The van der Waals surface area contributed by atoms with Crippen molar-refractivity contribution < 1.29 is 9.53 Å². The molecule has 1 amide bonds. The fraction of sp³-hybridized carbons (Fsp3) is 0.200.